The van der Waals surface area contributed by atoms with Crippen LogP contribution in [0.15, 0.2) is 42.5 Å². The summed E-state index contributed by atoms with van der Waals surface area (Å²) >= 11 is 0. The first kappa shape index (κ1) is 19.4. The summed E-state index contributed by atoms with van der Waals surface area (Å²) in [6, 6.07) is 12.7. The summed E-state index contributed by atoms with van der Waals surface area (Å²) in [4.78, 5) is 12.4. The highest BCUT2D eigenvalue weighted by atomic mass is 19.1. The summed E-state index contributed by atoms with van der Waals surface area (Å²) < 4.78 is 18.8. The zero-order valence-electron chi connectivity index (χ0n) is 15.9. The van der Waals surface area contributed by atoms with Gasteiger partial charge in [0.05, 0.1) is 12.5 Å². The zero-order valence-corrected chi connectivity index (χ0v) is 15.9. The lowest BCUT2D eigenvalue weighted by molar-refractivity contribution is -0.129. The molecule has 0 saturated heterocycles. The lowest BCUT2D eigenvalue weighted by atomic mass is 9.68. The molecule has 5 heteroatoms. The third-order valence-electron chi connectivity index (χ3n) is 5.86. The molecule has 1 aliphatic carbocycles. The van der Waals surface area contributed by atoms with Crippen LogP contribution in [0.5, 0.6) is 5.75 Å². The molecule has 0 heterocycles. The van der Waals surface area contributed by atoms with E-state index < -0.39 is 5.41 Å². The molecule has 0 aromatic heterocycles. The summed E-state index contributed by atoms with van der Waals surface area (Å²) in [6.45, 7) is 0. The van der Waals surface area contributed by atoms with E-state index in [1.54, 1.807) is 19.2 Å². The van der Waals surface area contributed by atoms with E-state index in [0.717, 1.165) is 48.1 Å². The van der Waals surface area contributed by atoms with Gasteiger partial charge in [-0.3, -0.25) is 4.79 Å². The van der Waals surface area contributed by atoms with Gasteiger partial charge in [0.2, 0.25) is 5.91 Å². The fourth-order valence-corrected chi connectivity index (χ4v) is 4.07. The number of amides is 1. The molecule has 0 aliphatic heterocycles. The number of hydrogen-bond donors (Lipinski definition) is 2. The molecule has 0 radical (unpaired) electrons. The van der Waals surface area contributed by atoms with Gasteiger partial charge in [-0.15, -0.1) is 0 Å². The predicted molar refractivity (Wildman–Crippen MR) is 105 cm³/mol. The maximum atomic E-state index is 13.2. The van der Waals surface area contributed by atoms with Crippen molar-refractivity contribution in [2.45, 2.75) is 38.1 Å². The minimum absolute atomic E-state index is 0.244. The number of hydrogen-bond acceptors (Lipinski definition) is 3. The Morgan fingerprint density at radius 3 is 2.37 bits per heavy atom. The standard InChI is InChI=1S/C22H27FN2O2/c1-25-19-9-11-22(12-10-19,21(24)26)14-17-13-16(5-8-20(17)27-2)15-3-6-18(23)7-4-15/h3-8,13,19,25H,9-12,14H2,1-2H3,(H2,24,26). The first-order valence-electron chi connectivity index (χ1n) is 9.37. The van der Waals surface area contributed by atoms with Crippen molar-refractivity contribution in [3.8, 4) is 16.9 Å². The van der Waals surface area contributed by atoms with Crippen LogP contribution in [0.3, 0.4) is 0 Å². The van der Waals surface area contributed by atoms with E-state index in [-0.39, 0.29) is 11.7 Å². The number of methoxy groups -OCH3 is 1. The molecule has 1 fully saturated rings. The second-order valence-corrected chi connectivity index (χ2v) is 7.42. The molecule has 1 aliphatic rings. The average Bonchev–Trinajstić information content (AvgIpc) is 2.69. The minimum atomic E-state index is -0.554. The number of rotatable bonds is 6. The smallest absolute Gasteiger partial charge is 0.223 e. The van der Waals surface area contributed by atoms with Crippen LogP contribution in [-0.2, 0) is 11.2 Å². The zero-order chi connectivity index (χ0) is 19.4. The van der Waals surface area contributed by atoms with Gasteiger partial charge in [0.1, 0.15) is 11.6 Å². The predicted octanol–water partition coefficient (Wildman–Crippen LogP) is 3.68. The Hall–Kier alpha value is -2.40. The van der Waals surface area contributed by atoms with Crippen molar-refractivity contribution >= 4 is 5.91 Å². The number of nitrogens with one attached hydrogen (secondary N) is 1. The normalized spacial score (nSPS) is 22.4. The van der Waals surface area contributed by atoms with Crippen LogP contribution in [0.2, 0.25) is 0 Å². The van der Waals surface area contributed by atoms with Crippen molar-refractivity contribution in [1.29, 1.82) is 0 Å². The van der Waals surface area contributed by atoms with E-state index in [4.69, 9.17) is 10.5 Å². The maximum Gasteiger partial charge on any atom is 0.223 e. The molecule has 3 N–H and O–H groups in total. The first-order valence-corrected chi connectivity index (χ1v) is 9.37. The number of carbonyl (C=O) groups is 1. The van der Waals surface area contributed by atoms with Gasteiger partial charge in [-0.05, 0) is 80.1 Å². The van der Waals surface area contributed by atoms with Gasteiger partial charge < -0.3 is 15.8 Å². The molecule has 3 rings (SSSR count). The Labute approximate surface area is 159 Å². The lowest BCUT2D eigenvalue weighted by Crippen LogP contribution is -2.45. The van der Waals surface area contributed by atoms with Crippen molar-refractivity contribution < 1.29 is 13.9 Å². The highest BCUT2D eigenvalue weighted by molar-refractivity contribution is 5.81. The van der Waals surface area contributed by atoms with Gasteiger partial charge in [-0.2, -0.15) is 0 Å². The van der Waals surface area contributed by atoms with Crippen LogP contribution in [0, 0.1) is 11.2 Å². The number of primary amides is 1. The lowest BCUT2D eigenvalue weighted by Gasteiger charge is -2.38. The van der Waals surface area contributed by atoms with Crippen LogP contribution in [-0.4, -0.2) is 26.1 Å². The van der Waals surface area contributed by atoms with Crippen LogP contribution in [0.4, 0.5) is 4.39 Å². The van der Waals surface area contributed by atoms with E-state index >= 15 is 0 Å². The van der Waals surface area contributed by atoms with Crippen molar-refractivity contribution in [3.63, 3.8) is 0 Å². The van der Waals surface area contributed by atoms with Gasteiger partial charge in [-0.25, -0.2) is 4.39 Å². The number of nitrogens with two attached hydrogens (primary N) is 1. The summed E-state index contributed by atoms with van der Waals surface area (Å²) in [5, 5.41) is 3.29. The Morgan fingerprint density at radius 2 is 1.81 bits per heavy atom. The highest BCUT2D eigenvalue weighted by Gasteiger charge is 2.40. The molecule has 2 aromatic carbocycles. The molecule has 2 aromatic rings. The van der Waals surface area contributed by atoms with Crippen LogP contribution >= 0.6 is 0 Å². The van der Waals surface area contributed by atoms with Crippen molar-refractivity contribution in [1.82, 2.24) is 5.32 Å². The first-order chi connectivity index (χ1) is 13.0. The summed E-state index contributed by atoms with van der Waals surface area (Å²) in [5.41, 5.74) is 8.15. The molecule has 0 unspecified atom stereocenters. The molecule has 0 atom stereocenters. The molecule has 1 saturated carbocycles. The topological polar surface area (TPSA) is 64.3 Å². The third-order valence-corrected chi connectivity index (χ3v) is 5.86. The largest absolute Gasteiger partial charge is 0.496 e. The SMILES string of the molecule is CNC1CCC(Cc2cc(-c3ccc(F)cc3)ccc2OC)(C(N)=O)CC1. The van der Waals surface area contributed by atoms with E-state index in [2.05, 4.69) is 5.32 Å². The molecule has 0 spiro atoms. The van der Waals surface area contributed by atoms with E-state index in [1.165, 1.54) is 12.1 Å². The molecule has 0 bridgehead atoms. The van der Waals surface area contributed by atoms with Crippen molar-refractivity contribution in [2.24, 2.45) is 11.1 Å². The van der Waals surface area contributed by atoms with E-state index in [1.807, 2.05) is 25.2 Å². The third kappa shape index (κ3) is 4.14. The summed E-state index contributed by atoms with van der Waals surface area (Å²) in [7, 11) is 3.59. The maximum absolute atomic E-state index is 13.2. The van der Waals surface area contributed by atoms with Gasteiger partial charge in [0, 0.05) is 6.04 Å². The van der Waals surface area contributed by atoms with Gasteiger partial charge in [0.15, 0.2) is 0 Å². The second kappa shape index (κ2) is 8.09. The fraction of sp³-hybridized carbons (Fsp3) is 0.409. The van der Waals surface area contributed by atoms with Gasteiger partial charge in [-0.1, -0.05) is 18.2 Å². The molecule has 1 amide bonds. The molecule has 4 nitrogen and oxygen atoms in total. The Balaban J connectivity index is 1.93. The number of halogens is 1. The fourth-order valence-electron chi connectivity index (χ4n) is 4.07. The Kier molecular flexibility index (Phi) is 5.80. The highest BCUT2D eigenvalue weighted by Crippen LogP contribution is 2.41. The van der Waals surface area contributed by atoms with Gasteiger partial charge in [0.25, 0.3) is 0 Å². The minimum Gasteiger partial charge on any atom is -0.496 e. The number of benzene rings is 2. The summed E-state index contributed by atoms with van der Waals surface area (Å²) in [6.07, 6.45) is 3.94. The van der Waals surface area contributed by atoms with Crippen molar-refractivity contribution in [3.05, 3.63) is 53.8 Å². The number of ether oxygens (including phenoxy) is 1. The molecule has 27 heavy (non-hydrogen) atoms. The monoisotopic (exact) mass is 370 g/mol. The van der Waals surface area contributed by atoms with E-state index in [9.17, 15) is 9.18 Å². The average molecular weight is 370 g/mol. The Morgan fingerprint density at radius 1 is 1.19 bits per heavy atom. The second-order valence-electron chi connectivity index (χ2n) is 7.42. The van der Waals surface area contributed by atoms with Crippen LogP contribution in [0.1, 0.15) is 31.2 Å². The van der Waals surface area contributed by atoms with Crippen LogP contribution in [0.25, 0.3) is 11.1 Å². The van der Waals surface area contributed by atoms with E-state index in [0.29, 0.717) is 12.5 Å². The summed E-state index contributed by atoms with van der Waals surface area (Å²) in [5.74, 6) is 0.241. The van der Waals surface area contributed by atoms with Crippen molar-refractivity contribution in [2.75, 3.05) is 14.2 Å². The van der Waals surface area contributed by atoms with Gasteiger partial charge >= 0.3 is 0 Å². The quantitative estimate of drug-likeness (QED) is 0.815. The number of carbonyl (C=O) groups excluding carboxylic acids is 1. The molecular formula is C22H27FN2O2. The molecule has 144 valence electrons. The Bertz CT molecular complexity index is 796. The molecular weight excluding hydrogens is 343 g/mol. The van der Waals surface area contributed by atoms with Crippen LogP contribution < -0.4 is 15.8 Å².